The summed E-state index contributed by atoms with van der Waals surface area (Å²) >= 11 is 0. The lowest BCUT2D eigenvalue weighted by atomic mass is 10.0. The van der Waals surface area contributed by atoms with E-state index < -0.39 is 0 Å². The van der Waals surface area contributed by atoms with E-state index in [2.05, 4.69) is 15.5 Å². The topological polar surface area (TPSA) is 99.4 Å². The predicted molar refractivity (Wildman–Crippen MR) is 103 cm³/mol. The smallest absolute Gasteiger partial charge is 0.273 e. The number of aromatic nitrogens is 2. The lowest BCUT2D eigenvalue weighted by Gasteiger charge is -2.19. The number of ether oxygens (including phenoxy) is 2. The number of amides is 1. The zero-order valence-corrected chi connectivity index (χ0v) is 15.0. The highest BCUT2D eigenvalue weighted by Gasteiger charge is 2.18. The molecule has 3 aromatic rings. The van der Waals surface area contributed by atoms with E-state index in [1.54, 1.807) is 0 Å². The fourth-order valence-corrected chi connectivity index (χ4v) is 3.08. The van der Waals surface area contributed by atoms with E-state index >= 15 is 0 Å². The Morgan fingerprint density at radius 2 is 1.96 bits per heavy atom. The lowest BCUT2D eigenvalue weighted by molar-refractivity contribution is 0.0949. The van der Waals surface area contributed by atoms with E-state index in [9.17, 15) is 4.79 Å². The van der Waals surface area contributed by atoms with E-state index in [1.807, 2.05) is 43.3 Å². The van der Waals surface area contributed by atoms with Gasteiger partial charge >= 0.3 is 0 Å². The van der Waals surface area contributed by atoms with E-state index in [-0.39, 0.29) is 11.6 Å². The number of rotatable bonds is 4. The molecule has 0 saturated carbocycles. The van der Waals surface area contributed by atoms with Crippen LogP contribution in [0.15, 0.2) is 36.4 Å². The number of benzene rings is 2. The molecule has 27 heavy (non-hydrogen) atoms. The Morgan fingerprint density at radius 1 is 1.15 bits per heavy atom. The molecule has 2 aromatic carbocycles. The SMILES string of the molecule is CCCNC(=O)c1nnc2c(-c3ccc4c(c3)OCCO4)cccc2c1N. The van der Waals surface area contributed by atoms with Gasteiger partial charge in [0.15, 0.2) is 17.2 Å². The van der Waals surface area contributed by atoms with Crippen molar-refractivity contribution >= 4 is 22.5 Å². The first-order valence-corrected chi connectivity index (χ1v) is 8.92. The normalized spacial score (nSPS) is 12.8. The maximum Gasteiger partial charge on any atom is 0.273 e. The van der Waals surface area contributed by atoms with Crippen LogP contribution in [0.4, 0.5) is 5.69 Å². The van der Waals surface area contributed by atoms with Crippen molar-refractivity contribution in [3.63, 3.8) is 0 Å². The molecule has 0 atom stereocenters. The molecular formula is C20H20N4O3. The zero-order chi connectivity index (χ0) is 18.8. The summed E-state index contributed by atoms with van der Waals surface area (Å²) in [6.45, 7) is 3.62. The quantitative estimate of drug-likeness (QED) is 0.738. The van der Waals surface area contributed by atoms with Crippen molar-refractivity contribution in [3.05, 3.63) is 42.1 Å². The van der Waals surface area contributed by atoms with Gasteiger partial charge in [-0.1, -0.05) is 31.2 Å². The summed E-state index contributed by atoms with van der Waals surface area (Å²) in [5.74, 6) is 1.12. The van der Waals surface area contributed by atoms with Crippen LogP contribution in [0.2, 0.25) is 0 Å². The molecular weight excluding hydrogens is 344 g/mol. The molecule has 0 radical (unpaired) electrons. The predicted octanol–water partition coefficient (Wildman–Crippen LogP) is 2.79. The van der Waals surface area contributed by atoms with Gasteiger partial charge < -0.3 is 20.5 Å². The van der Waals surface area contributed by atoms with Gasteiger partial charge in [-0.25, -0.2) is 0 Å². The third kappa shape index (κ3) is 3.12. The van der Waals surface area contributed by atoms with Gasteiger partial charge in [-0.05, 0) is 24.1 Å². The number of hydrogen-bond acceptors (Lipinski definition) is 6. The second-order valence-corrected chi connectivity index (χ2v) is 6.28. The fraction of sp³-hybridized carbons (Fsp3) is 0.250. The number of nitrogens with two attached hydrogens (primary N) is 1. The van der Waals surface area contributed by atoms with Crippen molar-refractivity contribution in [2.45, 2.75) is 13.3 Å². The molecule has 0 saturated heterocycles. The van der Waals surface area contributed by atoms with Gasteiger partial charge in [-0.15, -0.1) is 10.2 Å². The minimum Gasteiger partial charge on any atom is -0.486 e. The highest BCUT2D eigenvalue weighted by Crippen LogP contribution is 2.37. The van der Waals surface area contributed by atoms with Gasteiger partial charge in [-0.3, -0.25) is 4.79 Å². The molecule has 1 aromatic heterocycles. The first-order valence-electron chi connectivity index (χ1n) is 8.92. The molecule has 0 aliphatic carbocycles. The third-order valence-corrected chi connectivity index (χ3v) is 4.44. The van der Waals surface area contributed by atoms with Gasteiger partial charge in [0.05, 0.1) is 5.69 Å². The summed E-state index contributed by atoms with van der Waals surface area (Å²) < 4.78 is 11.2. The molecule has 0 spiro atoms. The molecule has 7 nitrogen and oxygen atoms in total. The Hall–Kier alpha value is -3.35. The summed E-state index contributed by atoms with van der Waals surface area (Å²) in [6.07, 6.45) is 0.834. The van der Waals surface area contributed by atoms with Crippen LogP contribution < -0.4 is 20.5 Å². The van der Waals surface area contributed by atoms with Crippen molar-refractivity contribution in [3.8, 4) is 22.6 Å². The summed E-state index contributed by atoms with van der Waals surface area (Å²) in [5.41, 5.74) is 9.14. The van der Waals surface area contributed by atoms with E-state index in [4.69, 9.17) is 15.2 Å². The van der Waals surface area contributed by atoms with Crippen molar-refractivity contribution < 1.29 is 14.3 Å². The molecule has 3 N–H and O–H groups in total. The Bertz CT molecular complexity index is 1020. The monoisotopic (exact) mass is 364 g/mol. The van der Waals surface area contributed by atoms with Crippen molar-refractivity contribution in [1.82, 2.24) is 15.5 Å². The minimum absolute atomic E-state index is 0.148. The van der Waals surface area contributed by atoms with Gasteiger partial charge in [0, 0.05) is 17.5 Å². The Balaban J connectivity index is 1.79. The van der Waals surface area contributed by atoms with Crippen LogP contribution >= 0.6 is 0 Å². The van der Waals surface area contributed by atoms with E-state index in [1.165, 1.54) is 0 Å². The van der Waals surface area contributed by atoms with Gasteiger partial charge in [0.2, 0.25) is 0 Å². The van der Waals surface area contributed by atoms with Gasteiger partial charge in [-0.2, -0.15) is 0 Å². The maximum absolute atomic E-state index is 12.3. The molecule has 138 valence electrons. The summed E-state index contributed by atoms with van der Waals surface area (Å²) in [5, 5.41) is 11.9. The summed E-state index contributed by atoms with van der Waals surface area (Å²) in [7, 11) is 0. The number of nitrogens with one attached hydrogen (secondary N) is 1. The second kappa shape index (κ2) is 7.11. The third-order valence-electron chi connectivity index (χ3n) is 4.44. The number of fused-ring (bicyclic) bond motifs is 2. The molecule has 0 fully saturated rings. The Kier molecular flexibility index (Phi) is 4.50. The molecule has 1 aliphatic heterocycles. The number of nitrogens with zero attached hydrogens (tertiary/aromatic N) is 2. The summed E-state index contributed by atoms with van der Waals surface area (Å²) in [4.78, 5) is 12.3. The van der Waals surface area contributed by atoms with E-state index in [0.29, 0.717) is 42.1 Å². The second-order valence-electron chi connectivity index (χ2n) is 6.28. The standard InChI is InChI=1S/C20H20N4O3/c1-2-8-22-20(25)19-17(21)14-5-3-4-13(18(14)23-24-19)12-6-7-15-16(11-12)27-10-9-26-15/h3-7,11H,2,8-10H2,1H3,(H2,21,23)(H,22,25). The van der Waals surface area contributed by atoms with Crippen LogP contribution in [0.25, 0.3) is 22.0 Å². The number of nitrogen functional groups attached to an aromatic ring is 1. The highest BCUT2D eigenvalue weighted by atomic mass is 16.6. The number of anilines is 1. The molecule has 1 aliphatic rings. The van der Waals surface area contributed by atoms with Crippen LogP contribution in [-0.2, 0) is 0 Å². The molecule has 0 bridgehead atoms. The van der Waals surface area contributed by atoms with Crippen molar-refractivity contribution in [1.29, 1.82) is 0 Å². The van der Waals surface area contributed by atoms with Gasteiger partial charge in [0.1, 0.15) is 18.7 Å². The number of hydrogen-bond donors (Lipinski definition) is 2. The van der Waals surface area contributed by atoms with Crippen LogP contribution in [0, 0.1) is 0 Å². The molecule has 2 heterocycles. The van der Waals surface area contributed by atoms with Crippen LogP contribution in [0.1, 0.15) is 23.8 Å². The average Bonchev–Trinajstić information content (AvgIpc) is 2.71. The maximum atomic E-state index is 12.3. The first kappa shape index (κ1) is 17.1. The molecule has 0 unspecified atom stereocenters. The first-order chi connectivity index (χ1) is 13.2. The van der Waals surface area contributed by atoms with Crippen LogP contribution in [-0.4, -0.2) is 35.9 Å². The highest BCUT2D eigenvalue weighted by molar-refractivity contribution is 6.07. The van der Waals surface area contributed by atoms with Crippen LogP contribution in [0.3, 0.4) is 0 Å². The van der Waals surface area contributed by atoms with Crippen molar-refractivity contribution in [2.24, 2.45) is 0 Å². The fourth-order valence-electron chi connectivity index (χ4n) is 3.08. The van der Waals surface area contributed by atoms with Gasteiger partial charge in [0.25, 0.3) is 5.91 Å². The Labute approximate surface area is 156 Å². The minimum atomic E-state index is -0.312. The average molecular weight is 364 g/mol. The lowest BCUT2D eigenvalue weighted by Crippen LogP contribution is -2.26. The van der Waals surface area contributed by atoms with Crippen molar-refractivity contribution in [2.75, 3.05) is 25.5 Å². The number of carbonyl (C=O) groups is 1. The largest absolute Gasteiger partial charge is 0.486 e. The number of carbonyl (C=O) groups excluding carboxylic acids is 1. The van der Waals surface area contributed by atoms with E-state index in [0.717, 1.165) is 23.3 Å². The zero-order valence-electron chi connectivity index (χ0n) is 15.0. The molecule has 7 heteroatoms. The summed E-state index contributed by atoms with van der Waals surface area (Å²) in [6, 6.07) is 11.4. The Morgan fingerprint density at radius 3 is 2.78 bits per heavy atom. The van der Waals surface area contributed by atoms with Crippen LogP contribution in [0.5, 0.6) is 11.5 Å². The molecule has 1 amide bonds. The molecule has 4 rings (SSSR count).